The Balaban J connectivity index is 2.81. The van der Waals surface area contributed by atoms with Gasteiger partial charge in [-0.2, -0.15) is 0 Å². The molecule has 0 aromatic heterocycles. The number of amides is 1. The average molecular weight is 208 g/mol. The molecule has 15 heavy (non-hydrogen) atoms. The molecule has 0 bridgehead atoms. The molecule has 0 spiro atoms. The van der Waals surface area contributed by atoms with Crippen LogP contribution in [0.3, 0.4) is 0 Å². The van der Waals surface area contributed by atoms with Crippen LogP contribution in [0.25, 0.3) is 0 Å². The number of benzene rings is 1. The van der Waals surface area contributed by atoms with Gasteiger partial charge in [0.2, 0.25) is 0 Å². The summed E-state index contributed by atoms with van der Waals surface area (Å²) in [7, 11) is 0. The van der Waals surface area contributed by atoms with Crippen molar-refractivity contribution in [3.8, 4) is 5.75 Å². The molecule has 0 heterocycles. The third kappa shape index (κ3) is 2.98. The second-order valence-electron chi connectivity index (χ2n) is 3.16. The Hall–Kier alpha value is -2.04. The van der Waals surface area contributed by atoms with Crippen LogP contribution in [-0.2, 0) is 4.79 Å². The fourth-order valence-corrected chi connectivity index (χ4v) is 1.04. The molecule has 5 heteroatoms. The number of carbonyl (C=O) groups is 2. The van der Waals surface area contributed by atoms with Gasteiger partial charge in [0.25, 0.3) is 5.91 Å². The fraction of sp³-hybridized carbons (Fsp3) is 0.200. The van der Waals surface area contributed by atoms with Gasteiger partial charge in [-0.15, -0.1) is 0 Å². The minimum absolute atomic E-state index is 0.0443. The Bertz CT molecular complexity index is 402. The zero-order valence-corrected chi connectivity index (χ0v) is 8.28. The first-order valence-electron chi connectivity index (χ1n) is 4.37. The second-order valence-corrected chi connectivity index (χ2v) is 3.16. The summed E-state index contributed by atoms with van der Waals surface area (Å²) >= 11 is 0. The maximum atomic E-state index is 11.5. The minimum Gasteiger partial charge on any atom is -0.508 e. The van der Waals surface area contributed by atoms with Crippen molar-refractivity contribution < 1.29 is 14.7 Å². The minimum atomic E-state index is -0.474. The van der Waals surface area contributed by atoms with Crippen LogP contribution < -0.4 is 11.1 Å². The lowest BCUT2D eigenvalue weighted by Crippen LogP contribution is -2.28. The molecular formula is C10H12N2O3. The van der Waals surface area contributed by atoms with Gasteiger partial charge in [0.05, 0.1) is 12.1 Å². The van der Waals surface area contributed by atoms with E-state index < -0.39 is 5.91 Å². The van der Waals surface area contributed by atoms with Crippen LogP contribution in [0.4, 0.5) is 5.69 Å². The molecule has 0 fully saturated rings. The lowest BCUT2D eigenvalue weighted by molar-refractivity contribution is -0.116. The molecule has 0 radical (unpaired) electrons. The number of Topliss-reactive ketones (excluding diaryl/α,β-unsaturated/α-hetero) is 1. The van der Waals surface area contributed by atoms with Gasteiger partial charge < -0.3 is 16.2 Å². The molecule has 0 aliphatic carbocycles. The van der Waals surface area contributed by atoms with Crippen molar-refractivity contribution in [1.29, 1.82) is 0 Å². The largest absolute Gasteiger partial charge is 0.508 e. The SMILES string of the molecule is CC(=O)CNC(=O)c1cc(O)ccc1N. The van der Waals surface area contributed by atoms with Crippen LogP contribution in [0, 0.1) is 0 Å². The van der Waals surface area contributed by atoms with Crippen molar-refractivity contribution in [2.75, 3.05) is 12.3 Å². The number of hydrogen-bond acceptors (Lipinski definition) is 4. The van der Waals surface area contributed by atoms with Gasteiger partial charge >= 0.3 is 0 Å². The van der Waals surface area contributed by atoms with Gasteiger partial charge in [0.15, 0.2) is 0 Å². The lowest BCUT2D eigenvalue weighted by atomic mass is 10.1. The highest BCUT2D eigenvalue weighted by Gasteiger charge is 2.10. The number of ketones is 1. The van der Waals surface area contributed by atoms with E-state index in [0.29, 0.717) is 0 Å². The summed E-state index contributed by atoms with van der Waals surface area (Å²) in [5.41, 5.74) is 5.96. The van der Waals surface area contributed by atoms with Gasteiger partial charge in [-0.3, -0.25) is 9.59 Å². The molecular weight excluding hydrogens is 196 g/mol. The number of rotatable bonds is 3. The zero-order valence-electron chi connectivity index (χ0n) is 8.28. The normalized spacial score (nSPS) is 9.67. The summed E-state index contributed by atoms with van der Waals surface area (Å²) in [4.78, 5) is 22.1. The molecule has 0 atom stereocenters. The van der Waals surface area contributed by atoms with E-state index in [1.54, 1.807) is 0 Å². The Labute approximate surface area is 86.9 Å². The molecule has 80 valence electrons. The van der Waals surface area contributed by atoms with Gasteiger partial charge in [-0.1, -0.05) is 0 Å². The molecule has 1 aromatic rings. The van der Waals surface area contributed by atoms with E-state index in [4.69, 9.17) is 10.8 Å². The molecule has 0 saturated heterocycles. The smallest absolute Gasteiger partial charge is 0.253 e. The number of carbonyl (C=O) groups excluding carboxylic acids is 2. The molecule has 0 saturated carbocycles. The highest BCUT2D eigenvalue weighted by atomic mass is 16.3. The van der Waals surface area contributed by atoms with Crippen LogP contribution >= 0.6 is 0 Å². The number of anilines is 1. The van der Waals surface area contributed by atoms with Crippen LogP contribution in [0.5, 0.6) is 5.75 Å². The summed E-state index contributed by atoms with van der Waals surface area (Å²) in [5.74, 6) is -0.669. The predicted molar refractivity (Wildman–Crippen MR) is 55.5 cm³/mol. The number of nitrogens with two attached hydrogens (primary N) is 1. The summed E-state index contributed by atoms with van der Waals surface area (Å²) in [5, 5.41) is 11.5. The van der Waals surface area contributed by atoms with Crippen molar-refractivity contribution in [1.82, 2.24) is 5.32 Å². The first kappa shape index (κ1) is 11.0. The highest BCUT2D eigenvalue weighted by molar-refractivity contribution is 6.01. The van der Waals surface area contributed by atoms with Crippen molar-refractivity contribution in [3.63, 3.8) is 0 Å². The van der Waals surface area contributed by atoms with Crippen molar-refractivity contribution >= 4 is 17.4 Å². The molecule has 1 rings (SSSR count). The average Bonchev–Trinajstić information content (AvgIpc) is 2.18. The molecule has 5 nitrogen and oxygen atoms in total. The molecule has 1 aromatic carbocycles. The fourth-order valence-electron chi connectivity index (χ4n) is 1.04. The maximum Gasteiger partial charge on any atom is 0.253 e. The number of nitrogens with one attached hydrogen (secondary N) is 1. The third-order valence-corrected chi connectivity index (χ3v) is 1.78. The van der Waals surface area contributed by atoms with E-state index in [9.17, 15) is 9.59 Å². The van der Waals surface area contributed by atoms with Gasteiger partial charge in [-0.05, 0) is 25.1 Å². The highest BCUT2D eigenvalue weighted by Crippen LogP contribution is 2.17. The van der Waals surface area contributed by atoms with E-state index in [0.717, 1.165) is 0 Å². The van der Waals surface area contributed by atoms with Crippen LogP contribution in [-0.4, -0.2) is 23.3 Å². The monoisotopic (exact) mass is 208 g/mol. The van der Waals surface area contributed by atoms with Crippen molar-refractivity contribution in [3.05, 3.63) is 23.8 Å². The number of phenolic OH excluding ortho intramolecular Hbond substituents is 1. The first-order chi connectivity index (χ1) is 7.00. The third-order valence-electron chi connectivity index (χ3n) is 1.78. The molecule has 4 N–H and O–H groups in total. The predicted octanol–water partition coefficient (Wildman–Crippen LogP) is 0.293. The summed E-state index contributed by atoms with van der Waals surface area (Å²) in [6.45, 7) is 1.32. The summed E-state index contributed by atoms with van der Waals surface area (Å²) in [6, 6.07) is 4.07. The number of phenols is 1. The Kier molecular flexibility index (Phi) is 3.28. The summed E-state index contributed by atoms with van der Waals surface area (Å²) < 4.78 is 0. The van der Waals surface area contributed by atoms with E-state index in [2.05, 4.69) is 5.32 Å². The van der Waals surface area contributed by atoms with Gasteiger partial charge in [0.1, 0.15) is 11.5 Å². The maximum absolute atomic E-state index is 11.5. The van der Waals surface area contributed by atoms with E-state index in [1.165, 1.54) is 25.1 Å². The molecule has 0 aliphatic rings. The first-order valence-corrected chi connectivity index (χ1v) is 4.37. The Morgan fingerprint density at radius 3 is 2.73 bits per heavy atom. The van der Waals surface area contributed by atoms with Crippen LogP contribution in [0.2, 0.25) is 0 Å². The topological polar surface area (TPSA) is 92.4 Å². The van der Waals surface area contributed by atoms with E-state index in [-0.39, 0.29) is 29.3 Å². The van der Waals surface area contributed by atoms with E-state index in [1.807, 2.05) is 0 Å². The number of nitrogen functional groups attached to an aromatic ring is 1. The zero-order chi connectivity index (χ0) is 11.4. The van der Waals surface area contributed by atoms with Crippen molar-refractivity contribution in [2.24, 2.45) is 0 Å². The summed E-state index contributed by atoms with van der Waals surface area (Å²) in [6.07, 6.45) is 0. The van der Waals surface area contributed by atoms with Crippen molar-refractivity contribution in [2.45, 2.75) is 6.92 Å². The number of aromatic hydroxyl groups is 1. The Morgan fingerprint density at radius 2 is 2.13 bits per heavy atom. The van der Waals surface area contributed by atoms with Gasteiger partial charge in [-0.25, -0.2) is 0 Å². The quantitative estimate of drug-likeness (QED) is 0.491. The molecule has 0 aliphatic heterocycles. The van der Waals surface area contributed by atoms with Crippen LogP contribution in [0.1, 0.15) is 17.3 Å². The molecule has 1 amide bonds. The lowest BCUT2D eigenvalue weighted by Gasteiger charge is -2.06. The second kappa shape index (κ2) is 4.45. The van der Waals surface area contributed by atoms with Gasteiger partial charge in [0, 0.05) is 5.69 Å². The standard InChI is InChI=1S/C10H12N2O3/c1-6(13)5-12-10(15)8-4-7(14)2-3-9(8)11/h2-4,14H,5,11H2,1H3,(H,12,15). The van der Waals surface area contributed by atoms with E-state index >= 15 is 0 Å². The Morgan fingerprint density at radius 1 is 1.47 bits per heavy atom. The number of hydrogen-bond donors (Lipinski definition) is 3. The van der Waals surface area contributed by atoms with Crippen LogP contribution in [0.15, 0.2) is 18.2 Å². The molecule has 0 unspecified atom stereocenters.